The number of hydrogen-bond donors (Lipinski definition) is 1. The molecule has 25 heavy (non-hydrogen) atoms. The minimum atomic E-state index is -0.469. The van der Waals surface area contributed by atoms with E-state index in [4.69, 9.17) is 5.73 Å². The lowest BCUT2D eigenvalue weighted by atomic mass is 10.1. The fourth-order valence-electron chi connectivity index (χ4n) is 2.97. The summed E-state index contributed by atoms with van der Waals surface area (Å²) >= 11 is 0. The molecule has 1 aliphatic rings. The van der Waals surface area contributed by atoms with Crippen molar-refractivity contribution in [2.75, 3.05) is 31.9 Å². The van der Waals surface area contributed by atoms with Gasteiger partial charge in [-0.1, -0.05) is 12.1 Å². The van der Waals surface area contributed by atoms with Crippen molar-refractivity contribution in [1.29, 1.82) is 0 Å². The summed E-state index contributed by atoms with van der Waals surface area (Å²) in [6.45, 7) is 3.65. The molecule has 0 radical (unpaired) electrons. The first-order chi connectivity index (χ1) is 12.0. The Bertz CT molecular complexity index is 768. The van der Waals surface area contributed by atoms with Gasteiger partial charge < -0.3 is 10.6 Å². The van der Waals surface area contributed by atoms with Crippen LogP contribution in [0.2, 0.25) is 0 Å². The number of non-ortho nitro benzene ring substituents is 1. The Morgan fingerprint density at radius 2 is 1.76 bits per heavy atom. The van der Waals surface area contributed by atoms with Crippen LogP contribution >= 0.6 is 0 Å². The second-order valence-electron chi connectivity index (χ2n) is 6.12. The molecule has 0 saturated carbocycles. The molecule has 1 aliphatic heterocycles. The predicted octanol–water partition coefficient (Wildman–Crippen LogP) is 2.14. The third kappa shape index (κ3) is 4.13. The molecule has 0 spiro atoms. The van der Waals surface area contributed by atoms with Crippen molar-refractivity contribution in [1.82, 2.24) is 9.80 Å². The third-order valence-electron chi connectivity index (χ3n) is 4.34. The standard InChI is InChI=1S/C18H20N4O3/c19-16-3-1-2-14(12-16)13-20-8-10-21(11-9-20)18(23)15-4-6-17(7-5-15)22(24)25/h1-7,12H,8-11,13,19H2. The third-order valence-corrected chi connectivity index (χ3v) is 4.34. The molecule has 1 fully saturated rings. The van der Waals surface area contributed by atoms with Crippen molar-refractivity contribution in [3.63, 3.8) is 0 Å². The van der Waals surface area contributed by atoms with E-state index in [0.29, 0.717) is 18.7 Å². The van der Waals surface area contributed by atoms with Gasteiger partial charge in [-0.2, -0.15) is 0 Å². The van der Waals surface area contributed by atoms with E-state index >= 15 is 0 Å². The predicted molar refractivity (Wildman–Crippen MR) is 95.1 cm³/mol. The number of benzene rings is 2. The summed E-state index contributed by atoms with van der Waals surface area (Å²) in [6.07, 6.45) is 0. The number of carbonyl (C=O) groups is 1. The molecule has 0 unspecified atom stereocenters. The lowest BCUT2D eigenvalue weighted by Crippen LogP contribution is -2.48. The van der Waals surface area contributed by atoms with Crippen molar-refractivity contribution < 1.29 is 9.72 Å². The first kappa shape index (κ1) is 16.9. The summed E-state index contributed by atoms with van der Waals surface area (Å²) in [7, 11) is 0. The summed E-state index contributed by atoms with van der Waals surface area (Å²) in [4.78, 5) is 26.8. The molecule has 0 atom stereocenters. The monoisotopic (exact) mass is 340 g/mol. The molecule has 2 N–H and O–H groups in total. The average Bonchev–Trinajstić information content (AvgIpc) is 2.62. The van der Waals surface area contributed by atoms with E-state index in [2.05, 4.69) is 4.90 Å². The van der Waals surface area contributed by atoms with E-state index in [1.54, 1.807) is 4.90 Å². The van der Waals surface area contributed by atoms with Crippen LogP contribution in [0.3, 0.4) is 0 Å². The van der Waals surface area contributed by atoms with Gasteiger partial charge in [0, 0.05) is 56.1 Å². The zero-order valence-corrected chi connectivity index (χ0v) is 13.8. The summed E-state index contributed by atoms with van der Waals surface area (Å²) in [5.74, 6) is -0.0847. The highest BCUT2D eigenvalue weighted by molar-refractivity contribution is 5.94. The topological polar surface area (TPSA) is 92.7 Å². The number of anilines is 1. The summed E-state index contributed by atoms with van der Waals surface area (Å²) < 4.78 is 0. The zero-order valence-electron chi connectivity index (χ0n) is 13.8. The summed E-state index contributed by atoms with van der Waals surface area (Å²) in [5.41, 5.74) is 8.19. The SMILES string of the molecule is Nc1cccc(CN2CCN(C(=O)c3ccc([N+](=O)[O-])cc3)CC2)c1. The van der Waals surface area contributed by atoms with E-state index in [9.17, 15) is 14.9 Å². The number of piperazine rings is 1. The number of hydrogen-bond acceptors (Lipinski definition) is 5. The smallest absolute Gasteiger partial charge is 0.269 e. The van der Waals surface area contributed by atoms with Crippen molar-refractivity contribution in [3.8, 4) is 0 Å². The maximum absolute atomic E-state index is 12.5. The number of nitrogen functional groups attached to an aromatic ring is 1. The molecule has 7 nitrogen and oxygen atoms in total. The zero-order chi connectivity index (χ0) is 17.8. The average molecular weight is 340 g/mol. The first-order valence-electron chi connectivity index (χ1n) is 8.13. The Labute approximate surface area is 145 Å². The van der Waals surface area contributed by atoms with E-state index in [1.807, 2.05) is 24.3 Å². The maximum Gasteiger partial charge on any atom is 0.269 e. The van der Waals surface area contributed by atoms with Crippen molar-refractivity contribution in [2.24, 2.45) is 0 Å². The highest BCUT2D eigenvalue weighted by atomic mass is 16.6. The fraction of sp³-hybridized carbons (Fsp3) is 0.278. The molecule has 130 valence electrons. The maximum atomic E-state index is 12.5. The van der Waals surface area contributed by atoms with Crippen LogP contribution in [-0.4, -0.2) is 46.8 Å². The number of amides is 1. The van der Waals surface area contributed by atoms with Gasteiger partial charge in [0.05, 0.1) is 4.92 Å². The van der Waals surface area contributed by atoms with Crippen molar-refractivity contribution >= 4 is 17.3 Å². The number of nitrogens with two attached hydrogens (primary N) is 1. The van der Waals surface area contributed by atoms with Crippen LogP contribution in [0.5, 0.6) is 0 Å². The minimum Gasteiger partial charge on any atom is -0.399 e. The largest absolute Gasteiger partial charge is 0.399 e. The van der Waals surface area contributed by atoms with Crippen LogP contribution in [0.15, 0.2) is 48.5 Å². The molecule has 1 amide bonds. The van der Waals surface area contributed by atoms with Gasteiger partial charge in [-0.05, 0) is 29.8 Å². The fourth-order valence-corrected chi connectivity index (χ4v) is 2.97. The Kier molecular flexibility index (Phi) is 4.95. The summed E-state index contributed by atoms with van der Waals surface area (Å²) in [5, 5.41) is 10.7. The molecule has 0 aliphatic carbocycles. The van der Waals surface area contributed by atoms with Crippen LogP contribution < -0.4 is 5.73 Å². The lowest BCUT2D eigenvalue weighted by molar-refractivity contribution is -0.384. The molecule has 7 heteroatoms. The van der Waals surface area contributed by atoms with Crippen LogP contribution in [0.4, 0.5) is 11.4 Å². The van der Waals surface area contributed by atoms with E-state index < -0.39 is 4.92 Å². The number of nitrogens with zero attached hydrogens (tertiary/aromatic N) is 3. The number of carbonyl (C=O) groups excluding carboxylic acids is 1. The molecule has 1 saturated heterocycles. The highest BCUT2D eigenvalue weighted by Gasteiger charge is 2.22. The van der Waals surface area contributed by atoms with E-state index in [1.165, 1.54) is 24.3 Å². The second kappa shape index (κ2) is 7.31. The second-order valence-corrected chi connectivity index (χ2v) is 6.12. The quantitative estimate of drug-likeness (QED) is 0.523. The van der Waals surface area contributed by atoms with Gasteiger partial charge in [0.2, 0.25) is 0 Å². The van der Waals surface area contributed by atoms with Crippen LogP contribution in [-0.2, 0) is 6.54 Å². The first-order valence-corrected chi connectivity index (χ1v) is 8.13. The van der Waals surface area contributed by atoms with Gasteiger partial charge in [0.15, 0.2) is 0 Å². The molecule has 0 aromatic heterocycles. The van der Waals surface area contributed by atoms with Crippen LogP contribution in [0, 0.1) is 10.1 Å². The van der Waals surface area contributed by atoms with Gasteiger partial charge in [-0.15, -0.1) is 0 Å². The summed E-state index contributed by atoms with van der Waals surface area (Å²) in [6, 6.07) is 13.6. The highest BCUT2D eigenvalue weighted by Crippen LogP contribution is 2.16. The van der Waals surface area contributed by atoms with Gasteiger partial charge >= 0.3 is 0 Å². The number of nitro benzene ring substituents is 1. The van der Waals surface area contributed by atoms with Gasteiger partial charge in [0.25, 0.3) is 11.6 Å². The molecule has 1 heterocycles. The molecule has 0 bridgehead atoms. The Morgan fingerprint density at radius 1 is 1.08 bits per heavy atom. The van der Waals surface area contributed by atoms with Gasteiger partial charge in [-0.3, -0.25) is 19.8 Å². The molecule has 2 aromatic carbocycles. The molecule has 2 aromatic rings. The molecular weight excluding hydrogens is 320 g/mol. The number of rotatable bonds is 4. The minimum absolute atomic E-state index is 0.0106. The molecular formula is C18H20N4O3. The van der Waals surface area contributed by atoms with Gasteiger partial charge in [0.1, 0.15) is 0 Å². The van der Waals surface area contributed by atoms with Gasteiger partial charge in [-0.25, -0.2) is 0 Å². The Morgan fingerprint density at radius 3 is 2.36 bits per heavy atom. The number of nitro groups is 1. The van der Waals surface area contributed by atoms with Crippen molar-refractivity contribution in [2.45, 2.75) is 6.54 Å². The Balaban J connectivity index is 1.56. The van der Waals surface area contributed by atoms with Crippen LogP contribution in [0.25, 0.3) is 0 Å². The molecule has 3 rings (SSSR count). The van der Waals surface area contributed by atoms with E-state index in [-0.39, 0.29) is 11.6 Å². The lowest BCUT2D eigenvalue weighted by Gasteiger charge is -2.34. The normalized spacial score (nSPS) is 15.1. The Hall–Kier alpha value is -2.93. The van der Waals surface area contributed by atoms with Crippen LogP contribution in [0.1, 0.15) is 15.9 Å². The van der Waals surface area contributed by atoms with Crippen molar-refractivity contribution in [3.05, 3.63) is 69.8 Å². The van der Waals surface area contributed by atoms with E-state index in [0.717, 1.165) is 30.9 Å².